The second kappa shape index (κ2) is 5.20. The number of benzene rings is 1. The van der Waals surface area contributed by atoms with Crippen molar-refractivity contribution in [2.75, 3.05) is 13.2 Å². The largest absolute Gasteiger partial charge is 0.493 e. The predicted octanol–water partition coefficient (Wildman–Crippen LogP) is 2.46. The summed E-state index contributed by atoms with van der Waals surface area (Å²) in [6.07, 6.45) is 4.81. The van der Waals surface area contributed by atoms with E-state index < -0.39 is 0 Å². The number of nitrogens with zero attached hydrogens (tertiary/aromatic N) is 1. The first-order valence-electron chi connectivity index (χ1n) is 6.11. The second-order valence-corrected chi connectivity index (χ2v) is 4.84. The molecule has 1 aliphatic carbocycles. The topological polar surface area (TPSA) is 59.0 Å². The molecule has 0 amide bonds. The monoisotopic (exact) mass is 230 g/mol. The molecule has 17 heavy (non-hydrogen) atoms. The van der Waals surface area contributed by atoms with Gasteiger partial charge in [-0.3, -0.25) is 0 Å². The summed E-state index contributed by atoms with van der Waals surface area (Å²) in [5.41, 5.74) is 6.65. The van der Waals surface area contributed by atoms with Crippen LogP contribution < -0.4 is 10.5 Å². The van der Waals surface area contributed by atoms with Crippen LogP contribution in [-0.4, -0.2) is 13.2 Å². The smallest absolute Gasteiger partial charge is 0.120 e. The lowest BCUT2D eigenvalue weighted by atomic mass is 9.87. The van der Waals surface area contributed by atoms with Gasteiger partial charge in [0.25, 0.3) is 0 Å². The molecule has 1 aromatic carbocycles. The third kappa shape index (κ3) is 2.78. The van der Waals surface area contributed by atoms with E-state index in [1.54, 1.807) is 12.1 Å². The first kappa shape index (κ1) is 11.9. The molecular weight excluding hydrogens is 212 g/mol. The van der Waals surface area contributed by atoms with E-state index in [4.69, 9.17) is 15.7 Å². The quantitative estimate of drug-likeness (QED) is 0.864. The Balaban J connectivity index is 1.99. The average molecular weight is 230 g/mol. The van der Waals surface area contributed by atoms with Gasteiger partial charge < -0.3 is 10.5 Å². The van der Waals surface area contributed by atoms with Crippen LogP contribution in [0, 0.1) is 16.7 Å². The molecule has 0 unspecified atom stereocenters. The molecule has 0 saturated heterocycles. The van der Waals surface area contributed by atoms with Gasteiger partial charge >= 0.3 is 0 Å². The Labute approximate surface area is 102 Å². The molecular formula is C14H18N2O. The number of ether oxygens (including phenoxy) is 1. The zero-order valence-corrected chi connectivity index (χ0v) is 9.98. The molecule has 0 atom stereocenters. The SMILES string of the molecule is N#Cc1cccc(OCC2(CN)CCCC2)c1. The van der Waals surface area contributed by atoms with Gasteiger partial charge in [0.05, 0.1) is 18.2 Å². The standard InChI is InChI=1S/C14H18N2O/c15-9-12-4-3-5-13(8-12)17-11-14(10-16)6-1-2-7-14/h3-5,8H,1-2,6-7,10-11,16H2. The molecule has 1 saturated carbocycles. The van der Waals surface area contributed by atoms with Crippen LogP contribution in [0.2, 0.25) is 0 Å². The third-order valence-electron chi connectivity index (χ3n) is 3.61. The predicted molar refractivity (Wildman–Crippen MR) is 66.6 cm³/mol. The summed E-state index contributed by atoms with van der Waals surface area (Å²) < 4.78 is 5.80. The first-order valence-corrected chi connectivity index (χ1v) is 6.11. The number of hydrogen-bond acceptors (Lipinski definition) is 3. The van der Waals surface area contributed by atoms with Gasteiger partial charge in [-0.25, -0.2) is 0 Å². The molecule has 0 radical (unpaired) electrons. The molecule has 0 aliphatic heterocycles. The summed E-state index contributed by atoms with van der Waals surface area (Å²) in [4.78, 5) is 0. The van der Waals surface area contributed by atoms with Crippen molar-refractivity contribution in [2.45, 2.75) is 25.7 Å². The van der Waals surface area contributed by atoms with E-state index >= 15 is 0 Å². The normalized spacial score (nSPS) is 17.6. The van der Waals surface area contributed by atoms with Crippen molar-refractivity contribution in [2.24, 2.45) is 11.1 Å². The van der Waals surface area contributed by atoms with Crippen LogP contribution in [0.4, 0.5) is 0 Å². The highest BCUT2D eigenvalue weighted by atomic mass is 16.5. The van der Waals surface area contributed by atoms with E-state index in [9.17, 15) is 0 Å². The highest BCUT2D eigenvalue weighted by Crippen LogP contribution is 2.37. The van der Waals surface area contributed by atoms with E-state index in [-0.39, 0.29) is 5.41 Å². The van der Waals surface area contributed by atoms with E-state index in [1.165, 1.54) is 12.8 Å². The van der Waals surface area contributed by atoms with Crippen molar-refractivity contribution in [3.05, 3.63) is 29.8 Å². The van der Waals surface area contributed by atoms with Crippen LogP contribution in [0.15, 0.2) is 24.3 Å². The molecule has 0 bridgehead atoms. The molecule has 1 fully saturated rings. The number of nitriles is 1. The molecule has 0 heterocycles. The van der Waals surface area contributed by atoms with Crippen molar-refractivity contribution < 1.29 is 4.74 Å². The summed E-state index contributed by atoms with van der Waals surface area (Å²) >= 11 is 0. The van der Waals surface area contributed by atoms with E-state index in [1.807, 2.05) is 12.1 Å². The van der Waals surface area contributed by atoms with Crippen LogP contribution in [0.3, 0.4) is 0 Å². The van der Waals surface area contributed by atoms with Gasteiger partial charge in [0.2, 0.25) is 0 Å². The van der Waals surface area contributed by atoms with Gasteiger partial charge in [-0.15, -0.1) is 0 Å². The van der Waals surface area contributed by atoms with Crippen LogP contribution in [0.5, 0.6) is 5.75 Å². The van der Waals surface area contributed by atoms with Gasteiger partial charge in [-0.1, -0.05) is 18.9 Å². The van der Waals surface area contributed by atoms with Crippen molar-refractivity contribution in [3.63, 3.8) is 0 Å². The molecule has 0 spiro atoms. The Hall–Kier alpha value is -1.53. The minimum atomic E-state index is 0.155. The Bertz CT molecular complexity index is 416. The summed E-state index contributed by atoms with van der Waals surface area (Å²) in [7, 11) is 0. The zero-order chi connectivity index (χ0) is 12.1. The maximum Gasteiger partial charge on any atom is 0.120 e. The second-order valence-electron chi connectivity index (χ2n) is 4.84. The molecule has 2 rings (SSSR count). The summed E-state index contributed by atoms with van der Waals surface area (Å²) in [6, 6.07) is 9.40. The number of rotatable bonds is 4. The van der Waals surface area contributed by atoms with Crippen LogP contribution in [0.1, 0.15) is 31.2 Å². The van der Waals surface area contributed by atoms with Gasteiger partial charge in [-0.05, 0) is 31.0 Å². The van der Waals surface area contributed by atoms with E-state index in [2.05, 4.69) is 6.07 Å². The zero-order valence-electron chi connectivity index (χ0n) is 9.98. The highest BCUT2D eigenvalue weighted by Gasteiger charge is 2.33. The van der Waals surface area contributed by atoms with Gasteiger partial charge in [0.15, 0.2) is 0 Å². The number of nitrogens with two attached hydrogens (primary N) is 1. The van der Waals surface area contributed by atoms with Crippen LogP contribution in [-0.2, 0) is 0 Å². The molecule has 3 nitrogen and oxygen atoms in total. The van der Waals surface area contributed by atoms with Gasteiger partial charge in [0.1, 0.15) is 5.75 Å². The maximum absolute atomic E-state index is 8.81. The van der Waals surface area contributed by atoms with E-state index in [0.29, 0.717) is 18.7 Å². The molecule has 90 valence electrons. The molecule has 0 aromatic heterocycles. The fourth-order valence-electron chi connectivity index (χ4n) is 2.42. The fourth-order valence-corrected chi connectivity index (χ4v) is 2.42. The summed E-state index contributed by atoms with van der Waals surface area (Å²) in [5.74, 6) is 0.767. The number of hydrogen-bond donors (Lipinski definition) is 1. The minimum absolute atomic E-state index is 0.155. The fraction of sp³-hybridized carbons (Fsp3) is 0.500. The lowest BCUT2D eigenvalue weighted by molar-refractivity contribution is 0.157. The van der Waals surface area contributed by atoms with Gasteiger partial charge in [-0.2, -0.15) is 5.26 Å². The van der Waals surface area contributed by atoms with Crippen molar-refractivity contribution in [1.29, 1.82) is 5.26 Å². The van der Waals surface area contributed by atoms with Crippen LogP contribution in [0.25, 0.3) is 0 Å². The molecule has 1 aromatic rings. The molecule has 3 heteroatoms. The third-order valence-corrected chi connectivity index (χ3v) is 3.61. The van der Waals surface area contributed by atoms with Crippen molar-refractivity contribution in [1.82, 2.24) is 0 Å². The Morgan fingerprint density at radius 2 is 2.12 bits per heavy atom. The van der Waals surface area contributed by atoms with Gasteiger partial charge in [0, 0.05) is 12.0 Å². The summed E-state index contributed by atoms with van der Waals surface area (Å²) in [6.45, 7) is 1.35. The average Bonchev–Trinajstić information content (AvgIpc) is 2.86. The lowest BCUT2D eigenvalue weighted by Gasteiger charge is -2.27. The maximum atomic E-state index is 8.81. The van der Waals surface area contributed by atoms with Crippen molar-refractivity contribution in [3.8, 4) is 11.8 Å². The molecule has 1 aliphatic rings. The first-order chi connectivity index (χ1) is 8.28. The lowest BCUT2D eigenvalue weighted by Crippen LogP contribution is -2.33. The Morgan fingerprint density at radius 3 is 2.76 bits per heavy atom. The Morgan fingerprint density at radius 1 is 1.35 bits per heavy atom. The molecule has 2 N–H and O–H groups in total. The highest BCUT2D eigenvalue weighted by molar-refractivity contribution is 5.36. The van der Waals surface area contributed by atoms with Crippen LogP contribution >= 0.6 is 0 Å². The van der Waals surface area contributed by atoms with Crippen molar-refractivity contribution >= 4 is 0 Å². The Kier molecular flexibility index (Phi) is 3.65. The summed E-state index contributed by atoms with van der Waals surface area (Å²) in [5, 5.41) is 8.81. The minimum Gasteiger partial charge on any atom is -0.493 e. The van der Waals surface area contributed by atoms with E-state index in [0.717, 1.165) is 18.6 Å².